The van der Waals surface area contributed by atoms with Gasteiger partial charge < -0.3 is 9.97 Å². The Kier molecular flexibility index (Phi) is 12.5. The number of hydrogen-bond acceptors (Lipinski definition) is 2. The number of nitrogens with zero attached hydrogens (tertiary/aromatic N) is 4. The second-order valence-electron chi connectivity index (χ2n) is 12.7. The Labute approximate surface area is 408 Å². The third kappa shape index (κ3) is 7.22. The van der Waals surface area contributed by atoms with Gasteiger partial charge in [-0.3, -0.25) is 0 Å². The minimum absolute atomic E-state index is 0. The quantitative estimate of drug-likeness (QED) is 0.165. The summed E-state index contributed by atoms with van der Waals surface area (Å²) in [6.45, 7) is 0. The van der Waals surface area contributed by atoms with Crippen LogP contribution in [0.2, 0.25) is 0 Å². The third-order valence-corrected chi connectivity index (χ3v) is 17.8. The maximum absolute atomic E-state index is 5.50. The Hall–Kier alpha value is -2.06. The van der Waals surface area contributed by atoms with Crippen LogP contribution in [0.1, 0.15) is 22.8 Å². The van der Waals surface area contributed by atoms with E-state index in [1.165, 1.54) is 0 Å². The molecule has 0 N–H and O–H groups in total. The molecule has 9 rings (SSSR count). The van der Waals surface area contributed by atoms with Crippen molar-refractivity contribution in [2.75, 3.05) is 0 Å². The van der Waals surface area contributed by atoms with Gasteiger partial charge in [0.15, 0.2) is 0 Å². The van der Waals surface area contributed by atoms with Crippen LogP contribution >= 0.6 is 127 Å². The van der Waals surface area contributed by atoms with E-state index in [9.17, 15) is 0 Å². The topological polar surface area (TPSA) is 54.0 Å². The summed E-state index contributed by atoms with van der Waals surface area (Å²) in [5.41, 5.74) is 12.9. The van der Waals surface area contributed by atoms with Crippen LogP contribution in [0.25, 0.3) is 84.5 Å². The van der Waals surface area contributed by atoms with Crippen molar-refractivity contribution >= 4 is 167 Å². The van der Waals surface area contributed by atoms with Crippen molar-refractivity contribution < 1.29 is 19.5 Å². The predicted octanol–water partition coefficient (Wildman–Crippen LogP) is 16.5. The largest absolute Gasteiger partial charge is 2.00 e. The molecule has 4 nitrogen and oxygen atoms in total. The molecule has 0 radical (unpaired) electrons. The Morgan fingerprint density at radius 3 is 0.825 bits per heavy atom. The van der Waals surface area contributed by atoms with Gasteiger partial charge in [-0.1, -0.05) is 185 Å². The van der Waals surface area contributed by atoms with Gasteiger partial charge >= 0.3 is 19.5 Å². The number of aromatic nitrogens is 4. The predicted molar refractivity (Wildman–Crippen MR) is 261 cm³/mol. The molecule has 2 aliphatic rings. The van der Waals surface area contributed by atoms with Crippen LogP contribution in [0, 0.1) is 0 Å². The molecule has 0 spiro atoms. The first kappa shape index (κ1) is 41.7. The molecule has 7 aromatic rings. The van der Waals surface area contributed by atoms with Gasteiger partial charge in [0, 0.05) is 23.5 Å². The Bertz CT molecular complexity index is 2820. The average molecular weight is 1310 g/mol. The van der Waals surface area contributed by atoms with Crippen LogP contribution in [-0.4, -0.2) is 9.97 Å². The zero-order chi connectivity index (χ0) is 38.8. The van der Waals surface area contributed by atoms with E-state index in [1.54, 1.807) is 0 Å². The van der Waals surface area contributed by atoms with Crippen molar-refractivity contribution in [3.05, 3.63) is 162 Å². The summed E-state index contributed by atoms with van der Waals surface area (Å²) >= 11 is 31.9. The van der Waals surface area contributed by atoms with Gasteiger partial charge in [-0.2, -0.15) is 0 Å². The Balaban J connectivity index is 0.00000455. The van der Waals surface area contributed by atoms with Crippen molar-refractivity contribution in [1.82, 2.24) is 19.9 Å². The summed E-state index contributed by atoms with van der Waals surface area (Å²) < 4.78 is 6.30. The molecule has 0 saturated heterocycles. The van der Waals surface area contributed by atoms with E-state index in [4.69, 9.17) is 19.9 Å². The van der Waals surface area contributed by atoms with Crippen LogP contribution in [0.3, 0.4) is 0 Å². The van der Waals surface area contributed by atoms with Gasteiger partial charge in [0.25, 0.3) is 0 Å². The van der Waals surface area contributed by atoms with Crippen molar-refractivity contribution in [3.63, 3.8) is 0 Å². The van der Waals surface area contributed by atoms with Crippen molar-refractivity contribution in [2.24, 2.45) is 0 Å². The summed E-state index contributed by atoms with van der Waals surface area (Å²) in [6.07, 6.45) is 0. The van der Waals surface area contributed by atoms with E-state index >= 15 is 0 Å². The van der Waals surface area contributed by atoms with Crippen molar-refractivity contribution in [1.29, 1.82) is 0 Å². The molecule has 0 unspecified atom stereocenters. The molecule has 0 saturated carbocycles. The molecular formula is C44H20Br8N4Zn. The van der Waals surface area contributed by atoms with Gasteiger partial charge in [-0.25, -0.2) is 9.97 Å². The number of benzene rings is 4. The molecule has 2 aliphatic heterocycles. The van der Waals surface area contributed by atoms with E-state index in [1.807, 2.05) is 72.8 Å². The number of halogens is 8. The van der Waals surface area contributed by atoms with Gasteiger partial charge in [0.2, 0.25) is 0 Å². The van der Waals surface area contributed by atoms with E-state index in [0.717, 1.165) is 80.3 Å². The molecule has 0 aliphatic carbocycles. The third-order valence-electron chi connectivity index (χ3n) is 9.47. The normalized spacial score (nSPS) is 12.6. The second kappa shape index (κ2) is 17.1. The molecular weight excluding hydrogens is 1290 g/mol. The summed E-state index contributed by atoms with van der Waals surface area (Å²) in [6, 6.07) is 40.9. The molecule has 4 aromatic carbocycles. The van der Waals surface area contributed by atoms with Gasteiger partial charge in [0.05, 0.1) is 40.7 Å². The molecule has 3 aromatic heterocycles. The molecule has 57 heavy (non-hydrogen) atoms. The van der Waals surface area contributed by atoms with Gasteiger partial charge in [-0.15, -0.1) is 22.1 Å². The summed E-state index contributed by atoms with van der Waals surface area (Å²) in [7, 11) is 0. The number of rotatable bonds is 4. The van der Waals surface area contributed by atoms with Crippen LogP contribution < -0.4 is 9.97 Å². The SMILES string of the molecule is BrC1=C(Br)c2nc1c(-c1ccccc1)c1nc(c(-c3ccccc3)c3[n-]c(c(Br)c3Br)c(-c3ccccc3)c3[n-]c(c(Br)c3Br)c2-c2ccccc2)C(Br)=C1Br.[Zn+2]. The van der Waals surface area contributed by atoms with E-state index in [2.05, 4.69) is 176 Å². The van der Waals surface area contributed by atoms with Crippen LogP contribution in [0.5, 0.6) is 0 Å². The minimum atomic E-state index is 0. The first-order valence-corrected chi connectivity index (χ1v) is 23.3. The minimum Gasteiger partial charge on any atom is -0.655 e. The van der Waals surface area contributed by atoms with E-state index in [-0.39, 0.29) is 19.5 Å². The molecule has 13 heteroatoms. The standard InChI is InChI=1S/C44H20Br8N4.Zn/c45-29-31(47)39-26(22-15-7-2-8-16-22)41-33(49)35(51)43(55-41)28(24-19-11-4-12-20-24)44-36(52)34(50)42(56-44)27(23-17-9-3-10-18-23)40-32(48)30(46)38(54-40)25(37(29)53-39)21-13-5-1-6-14-21;/h1-20H;/q-2;+2. The number of hydrogen-bond donors (Lipinski definition) is 0. The number of fused-ring (bicyclic) bond motifs is 8. The summed E-state index contributed by atoms with van der Waals surface area (Å²) in [5, 5.41) is 0. The van der Waals surface area contributed by atoms with E-state index in [0.29, 0.717) is 44.8 Å². The Morgan fingerprint density at radius 1 is 0.298 bits per heavy atom. The first-order valence-electron chi connectivity index (χ1n) is 16.9. The monoisotopic (exact) mass is 1300 g/mol. The summed E-state index contributed by atoms with van der Waals surface area (Å²) in [5.74, 6) is 0. The fourth-order valence-electron chi connectivity index (χ4n) is 6.96. The smallest absolute Gasteiger partial charge is 0.655 e. The molecule has 274 valence electrons. The molecule has 5 heterocycles. The van der Waals surface area contributed by atoms with Gasteiger partial charge in [0.1, 0.15) is 0 Å². The van der Waals surface area contributed by atoms with Gasteiger partial charge in [-0.05, 0) is 103 Å². The second-order valence-corrected chi connectivity index (χ2v) is 19.1. The Morgan fingerprint density at radius 2 is 0.526 bits per heavy atom. The zero-order valence-electron chi connectivity index (χ0n) is 29.1. The average Bonchev–Trinajstić information content (AvgIpc) is 3.89. The fourth-order valence-corrected chi connectivity index (χ4v) is 10.8. The van der Waals surface area contributed by atoms with Crippen LogP contribution in [0.15, 0.2) is 139 Å². The van der Waals surface area contributed by atoms with E-state index < -0.39 is 0 Å². The molecule has 0 atom stereocenters. The van der Waals surface area contributed by atoms with Crippen LogP contribution in [-0.2, 0) is 19.5 Å². The fraction of sp³-hybridized carbons (Fsp3) is 0. The molecule has 0 fully saturated rings. The summed E-state index contributed by atoms with van der Waals surface area (Å²) in [4.78, 5) is 22.0. The van der Waals surface area contributed by atoms with Crippen molar-refractivity contribution in [2.45, 2.75) is 0 Å². The zero-order valence-corrected chi connectivity index (χ0v) is 44.7. The van der Waals surface area contributed by atoms with Crippen LogP contribution in [0.4, 0.5) is 0 Å². The van der Waals surface area contributed by atoms with Crippen molar-refractivity contribution in [3.8, 4) is 44.5 Å². The molecule has 8 bridgehead atoms. The maximum Gasteiger partial charge on any atom is 2.00 e. The maximum atomic E-state index is 5.50. The first-order chi connectivity index (χ1) is 27.2. The molecule has 0 amide bonds.